The molecule has 0 bridgehead atoms. The van der Waals surface area contributed by atoms with Crippen LogP contribution in [-0.2, 0) is 0 Å². The highest BCUT2D eigenvalue weighted by atomic mass is 16.6. The molecule has 4 aromatic rings. The Bertz CT molecular complexity index is 1170. The Morgan fingerprint density at radius 3 is 1.62 bits per heavy atom. The number of nitro groups is 1. The topological polar surface area (TPSA) is 46.4 Å². The number of non-ortho nitro benzene ring substituents is 1. The van der Waals surface area contributed by atoms with Crippen LogP contribution < -0.4 is 4.90 Å². The van der Waals surface area contributed by atoms with Crippen molar-refractivity contribution in [2.75, 3.05) is 4.90 Å². The van der Waals surface area contributed by atoms with Gasteiger partial charge in [0.1, 0.15) is 0 Å². The average Bonchev–Trinajstić information content (AvgIpc) is 2.82. The summed E-state index contributed by atoms with van der Waals surface area (Å²) in [6.45, 7) is 6.25. The molecule has 0 N–H and O–H groups in total. The van der Waals surface area contributed by atoms with Gasteiger partial charge in [0.25, 0.3) is 5.69 Å². The number of nitrogens with zero attached hydrogens (tertiary/aromatic N) is 2. The van der Waals surface area contributed by atoms with Gasteiger partial charge >= 0.3 is 0 Å². The van der Waals surface area contributed by atoms with Crippen LogP contribution in [0.1, 0.15) is 35.1 Å². The van der Waals surface area contributed by atoms with Crippen LogP contribution in [0.4, 0.5) is 22.7 Å². The Kier molecular flexibility index (Phi) is 6.04. The van der Waals surface area contributed by atoms with Crippen LogP contribution in [0.25, 0.3) is 0 Å². The van der Waals surface area contributed by atoms with Gasteiger partial charge in [-0.2, -0.15) is 0 Å². The monoisotopic (exact) mass is 422 g/mol. The molecule has 4 rings (SSSR count). The standard InChI is InChI=1S/C28H26N2O2/c1-20-7-13-25(14-8-20)29(26-15-9-21(2)10-16-26)27-17-11-23(12-18-27)22(3)24-5-4-6-28(19-24)30(31)32/h4-19,22H,1-3H3. The number of anilines is 3. The summed E-state index contributed by atoms with van der Waals surface area (Å²) >= 11 is 0. The van der Waals surface area contributed by atoms with Crippen LogP contribution in [0.15, 0.2) is 97.1 Å². The number of hydrogen-bond donors (Lipinski definition) is 0. The molecule has 4 aromatic carbocycles. The molecule has 0 saturated heterocycles. The van der Waals surface area contributed by atoms with E-state index >= 15 is 0 Å². The largest absolute Gasteiger partial charge is 0.311 e. The molecule has 0 radical (unpaired) electrons. The van der Waals surface area contributed by atoms with Crippen molar-refractivity contribution in [2.45, 2.75) is 26.7 Å². The predicted octanol–water partition coefficient (Wildman–Crippen LogP) is 7.83. The lowest BCUT2D eigenvalue weighted by molar-refractivity contribution is -0.384. The van der Waals surface area contributed by atoms with Gasteiger partial charge in [0.2, 0.25) is 0 Å². The Morgan fingerprint density at radius 2 is 1.16 bits per heavy atom. The fourth-order valence-corrected chi connectivity index (χ4v) is 3.85. The lowest BCUT2D eigenvalue weighted by Crippen LogP contribution is -2.10. The second-order valence-corrected chi connectivity index (χ2v) is 8.17. The first-order valence-electron chi connectivity index (χ1n) is 10.7. The molecule has 0 heterocycles. The minimum absolute atomic E-state index is 0.0520. The van der Waals surface area contributed by atoms with E-state index in [0.717, 1.165) is 28.2 Å². The minimum Gasteiger partial charge on any atom is -0.311 e. The van der Waals surface area contributed by atoms with E-state index in [0.29, 0.717) is 0 Å². The fraction of sp³-hybridized carbons (Fsp3) is 0.143. The van der Waals surface area contributed by atoms with Gasteiger partial charge in [-0.1, -0.05) is 66.6 Å². The lowest BCUT2D eigenvalue weighted by Gasteiger charge is -2.26. The summed E-state index contributed by atoms with van der Waals surface area (Å²) in [6, 6.07) is 32.3. The molecule has 4 heteroatoms. The van der Waals surface area contributed by atoms with Crippen molar-refractivity contribution in [3.63, 3.8) is 0 Å². The SMILES string of the molecule is Cc1ccc(N(c2ccc(C)cc2)c2ccc(C(C)c3cccc([N+](=O)[O-])c3)cc2)cc1. The van der Waals surface area contributed by atoms with Gasteiger partial charge in [-0.15, -0.1) is 0 Å². The van der Waals surface area contributed by atoms with E-state index in [-0.39, 0.29) is 16.5 Å². The zero-order chi connectivity index (χ0) is 22.7. The Morgan fingerprint density at radius 1 is 0.688 bits per heavy atom. The Labute approximate surface area is 188 Å². The maximum Gasteiger partial charge on any atom is 0.269 e. The van der Waals surface area contributed by atoms with Crippen LogP contribution in [0.3, 0.4) is 0 Å². The second-order valence-electron chi connectivity index (χ2n) is 8.17. The molecule has 4 nitrogen and oxygen atoms in total. The molecule has 0 aromatic heterocycles. The molecular formula is C28H26N2O2. The zero-order valence-electron chi connectivity index (χ0n) is 18.5. The highest BCUT2D eigenvalue weighted by molar-refractivity contribution is 5.76. The summed E-state index contributed by atoms with van der Waals surface area (Å²) in [4.78, 5) is 13.0. The van der Waals surface area contributed by atoms with Crippen LogP contribution in [0.2, 0.25) is 0 Å². The van der Waals surface area contributed by atoms with Gasteiger partial charge in [-0.25, -0.2) is 0 Å². The highest BCUT2D eigenvalue weighted by Crippen LogP contribution is 2.36. The van der Waals surface area contributed by atoms with E-state index in [9.17, 15) is 10.1 Å². The van der Waals surface area contributed by atoms with Crippen molar-refractivity contribution >= 4 is 22.7 Å². The third kappa shape index (κ3) is 4.54. The van der Waals surface area contributed by atoms with Gasteiger partial charge in [-0.05, 0) is 61.4 Å². The maximum atomic E-state index is 11.1. The highest BCUT2D eigenvalue weighted by Gasteiger charge is 2.15. The molecule has 0 amide bonds. The number of aryl methyl sites for hydroxylation is 2. The normalized spacial score (nSPS) is 11.7. The Balaban J connectivity index is 1.69. The van der Waals surface area contributed by atoms with Crippen molar-refractivity contribution in [3.05, 3.63) is 129 Å². The molecule has 0 aliphatic carbocycles. The number of hydrogen-bond acceptors (Lipinski definition) is 3. The molecule has 1 atom stereocenters. The zero-order valence-corrected chi connectivity index (χ0v) is 18.5. The molecule has 0 fully saturated rings. The van der Waals surface area contributed by atoms with E-state index in [4.69, 9.17) is 0 Å². The van der Waals surface area contributed by atoms with E-state index < -0.39 is 0 Å². The summed E-state index contributed by atoms with van der Waals surface area (Å²) in [7, 11) is 0. The first-order chi connectivity index (χ1) is 15.4. The van der Waals surface area contributed by atoms with E-state index in [1.165, 1.54) is 17.2 Å². The first kappa shape index (κ1) is 21.3. The van der Waals surface area contributed by atoms with Crippen LogP contribution in [-0.4, -0.2) is 4.92 Å². The summed E-state index contributed by atoms with van der Waals surface area (Å²) in [6.07, 6.45) is 0. The van der Waals surface area contributed by atoms with Crippen LogP contribution in [0.5, 0.6) is 0 Å². The minimum atomic E-state index is -0.347. The quantitative estimate of drug-likeness (QED) is 0.235. The van der Waals surface area contributed by atoms with Crippen molar-refractivity contribution in [3.8, 4) is 0 Å². The van der Waals surface area contributed by atoms with Crippen molar-refractivity contribution in [2.24, 2.45) is 0 Å². The number of rotatable bonds is 6. The predicted molar refractivity (Wildman–Crippen MR) is 131 cm³/mol. The molecule has 0 spiro atoms. The van der Waals surface area contributed by atoms with Crippen molar-refractivity contribution in [1.29, 1.82) is 0 Å². The summed E-state index contributed by atoms with van der Waals surface area (Å²) < 4.78 is 0. The third-order valence-corrected chi connectivity index (χ3v) is 5.82. The first-order valence-corrected chi connectivity index (χ1v) is 10.7. The van der Waals surface area contributed by atoms with E-state index in [1.54, 1.807) is 12.1 Å². The van der Waals surface area contributed by atoms with Crippen molar-refractivity contribution < 1.29 is 4.92 Å². The van der Waals surface area contributed by atoms with Gasteiger partial charge in [0, 0.05) is 35.1 Å². The fourth-order valence-electron chi connectivity index (χ4n) is 3.85. The van der Waals surface area contributed by atoms with Gasteiger partial charge < -0.3 is 4.90 Å². The van der Waals surface area contributed by atoms with Crippen molar-refractivity contribution in [1.82, 2.24) is 0 Å². The van der Waals surface area contributed by atoms with Crippen LogP contribution >= 0.6 is 0 Å². The molecule has 0 aliphatic heterocycles. The van der Waals surface area contributed by atoms with Gasteiger partial charge in [0.05, 0.1) is 4.92 Å². The summed E-state index contributed by atoms with van der Waals surface area (Å²) in [5.74, 6) is 0.0520. The molecule has 0 aliphatic rings. The third-order valence-electron chi connectivity index (χ3n) is 5.82. The molecule has 1 unspecified atom stereocenters. The Hall–Kier alpha value is -3.92. The molecule has 160 valence electrons. The van der Waals surface area contributed by atoms with Gasteiger partial charge in [-0.3, -0.25) is 10.1 Å². The summed E-state index contributed by atoms with van der Waals surface area (Å²) in [5, 5.41) is 11.1. The molecular weight excluding hydrogens is 396 g/mol. The number of nitro benzene ring substituents is 1. The maximum absolute atomic E-state index is 11.1. The second kappa shape index (κ2) is 9.06. The smallest absolute Gasteiger partial charge is 0.269 e. The van der Waals surface area contributed by atoms with E-state index in [2.05, 4.69) is 98.5 Å². The molecule has 32 heavy (non-hydrogen) atoms. The molecule has 0 saturated carbocycles. The number of benzene rings is 4. The average molecular weight is 423 g/mol. The summed E-state index contributed by atoms with van der Waals surface area (Å²) in [5.41, 5.74) is 7.86. The lowest BCUT2D eigenvalue weighted by atomic mass is 9.92. The van der Waals surface area contributed by atoms with E-state index in [1.807, 2.05) is 6.07 Å². The van der Waals surface area contributed by atoms with Gasteiger partial charge in [0.15, 0.2) is 0 Å². The van der Waals surface area contributed by atoms with Crippen LogP contribution in [0, 0.1) is 24.0 Å².